The first-order valence-electron chi connectivity index (χ1n) is 5.93. The van der Waals surface area contributed by atoms with Gasteiger partial charge < -0.3 is 20.8 Å². The molecule has 0 saturated heterocycles. The summed E-state index contributed by atoms with van der Waals surface area (Å²) in [6, 6.07) is -0.135. The maximum Gasteiger partial charge on any atom is 0.404 e. The van der Waals surface area contributed by atoms with Crippen molar-refractivity contribution in [2.45, 2.75) is 38.6 Å². The van der Waals surface area contributed by atoms with E-state index >= 15 is 0 Å². The topological polar surface area (TPSA) is 81.6 Å². The molecule has 4 N–H and O–H groups in total. The van der Waals surface area contributed by atoms with Gasteiger partial charge in [-0.3, -0.25) is 0 Å². The Balaban J connectivity index is 3.33. The molecule has 0 saturated carbocycles. The van der Waals surface area contributed by atoms with Gasteiger partial charge in [0.1, 0.15) is 0 Å². The standard InChI is InChI=1S/C12H22N2O3/c1-11(14-12(16)17)7-3-5-9-13-8-4-2-6-10-15/h11,13-15H,2,4,6-10H2,1H3,(H,16,17). The van der Waals surface area contributed by atoms with Crippen LogP contribution in [0.4, 0.5) is 4.79 Å². The van der Waals surface area contributed by atoms with Crippen LogP contribution in [0, 0.1) is 11.8 Å². The fourth-order valence-electron chi connectivity index (χ4n) is 1.24. The number of amides is 1. The van der Waals surface area contributed by atoms with Gasteiger partial charge in [0, 0.05) is 19.1 Å². The number of aliphatic hydroxyl groups excluding tert-OH is 1. The SMILES string of the molecule is CC(CC#CCNCCCCCO)NC(=O)O. The van der Waals surface area contributed by atoms with Crippen molar-refractivity contribution in [1.82, 2.24) is 10.6 Å². The minimum Gasteiger partial charge on any atom is -0.465 e. The Morgan fingerprint density at radius 1 is 1.29 bits per heavy atom. The molecule has 17 heavy (non-hydrogen) atoms. The van der Waals surface area contributed by atoms with Crippen LogP contribution in [0.3, 0.4) is 0 Å². The Morgan fingerprint density at radius 3 is 2.71 bits per heavy atom. The summed E-state index contributed by atoms with van der Waals surface area (Å²) in [6.45, 7) is 3.57. The first-order chi connectivity index (χ1) is 8.16. The maximum absolute atomic E-state index is 10.3. The summed E-state index contributed by atoms with van der Waals surface area (Å²) in [4.78, 5) is 10.3. The van der Waals surface area contributed by atoms with Crippen LogP contribution in [0.25, 0.3) is 0 Å². The van der Waals surface area contributed by atoms with Gasteiger partial charge in [-0.2, -0.15) is 0 Å². The summed E-state index contributed by atoms with van der Waals surface area (Å²) in [5, 5.41) is 22.5. The first kappa shape index (κ1) is 15.8. The number of aliphatic hydroxyl groups is 1. The van der Waals surface area contributed by atoms with Crippen LogP contribution in [0.15, 0.2) is 0 Å². The summed E-state index contributed by atoms with van der Waals surface area (Å²) in [5.41, 5.74) is 0. The average molecular weight is 242 g/mol. The smallest absolute Gasteiger partial charge is 0.404 e. The van der Waals surface area contributed by atoms with Crippen molar-refractivity contribution in [2.75, 3.05) is 19.7 Å². The summed E-state index contributed by atoms with van der Waals surface area (Å²) < 4.78 is 0. The number of nitrogens with one attached hydrogen (secondary N) is 2. The van der Waals surface area contributed by atoms with Gasteiger partial charge in [0.2, 0.25) is 0 Å². The van der Waals surface area contributed by atoms with Gasteiger partial charge in [-0.15, -0.1) is 0 Å². The molecular formula is C12H22N2O3. The summed E-state index contributed by atoms with van der Waals surface area (Å²) in [6.07, 6.45) is 2.43. The van der Waals surface area contributed by atoms with Crippen LogP contribution in [0.5, 0.6) is 0 Å². The van der Waals surface area contributed by atoms with Gasteiger partial charge in [0.05, 0.1) is 6.54 Å². The minimum atomic E-state index is -1.01. The highest BCUT2D eigenvalue weighted by molar-refractivity contribution is 5.64. The van der Waals surface area contributed by atoms with Crippen LogP contribution in [0.2, 0.25) is 0 Å². The third-order valence-electron chi connectivity index (χ3n) is 2.13. The van der Waals surface area contributed by atoms with E-state index in [2.05, 4.69) is 22.5 Å². The molecule has 1 unspecified atom stereocenters. The van der Waals surface area contributed by atoms with Gasteiger partial charge >= 0.3 is 6.09 Å². The Bertz CT molecular complexity index is 258. The van der Waals surface area contributed by atoms with E-state index in [0.29, 0.717) is 13.0 Å². The lowest BCUT2D eigenvalue weighted by atomic mass is 10.2. The molecule has 0 aromatic heterocycles. The second-order valence-electron chi connectivity index (χ2n) is 3.87. The lowest BCUT2D eigenvalue weighted by Gasteiger charge is -2.05. The van der Waals surface area contributed by atoms with Crippen molar-refractivity contribution in [1.29, 1.82) is 0 Å². The largest absolute Gasteiger partial charge is 0.465 e. The first-order valence-corrected chi connectivity index (χ1v) is 5.93. The van der Waals surface area contributed by atoms with Crippen LogP contribution in [-0.2, 0) is 0 Å². The molecule has 0 aliphatic rings. The van der Waals surface area contributed by atoms with Crippen LogP contribution in [-0.4, -0.2) is 42.0 Å². The van der Waals surface area contributed by atoms with E-state index in [9.17, 15) is 4.79 Å². The van der Waals surface area contributed by atoms with Crippen molar-refractivity contribution in [2.24, 2.45) is 0 Å². The van der Waals surface area contributed by atoms with Crippen LogP contribution in [0.1, 0.15) is 32.6 Å². The van der Waals surface area contributed by atoms with Crippen molar-refractivity contribution < 1.29 is 15.0 Å². The number of carboxylic acid groups (broad SMARTS) is 1. The van der Waals surface area contributed by atoms with Crippen LogP contribution >= 0.6 is 0 Å². The van der Waals surface area contributed by atoms with Crippen LogP contribution < -0.4 is 10.6 Å². The third kappa shape index (κ3) is 12.7. The summed E-state index contributed by atoms with van der Waals surface area (Å²) in [7, 11) is 0. The zero-order chi connectivity index (χ0) is 12.9. The second-order valence-corrected chi connectivity index (χ2v) is 3.87. The van der Waals surface area contributed by atoms with Crippen molar-refractivity contribution in [3.05, 3.63) is 0 Å². The number of hydrogen-bond donors (Lipinski definition) is 4. The number of unbranched alkanes of at least 4 members (excludes halogenated alkanes) is 2. The average Bonchev–Trinajstić information content (AvgIpc) is 2.26. The Morgan fingerprint density at radius 2 is 2.06 bits per heavy atom. The van der Waals surface area contributed by atoms with E-state index in [1.807, 2.05) is 0 Å². The molecule has 0 rings (SSSR count). The normalized spacial score (nSPS) is 11.4. The van der Waals surface area contributed by atoms with E-state index in [0.717, 1.165) is 25.8 Å². The molecule has 0 fully saturated rings. The molecule has 0 heterocycles. The predicted molar refractivity (Wildman–Crippen MR) is 66.8 cm³/mol. The highest BCUT2D eigenvalue weighted by atomic mass is 16.4. The molecule has 1 amide bonds. The molecule has 0 aromatic rings. The number of rotatable bonds is 8. The van der Waals surface area contributed by atoms with E-state index in [1.165, 1.54) is 0 Å². The fourth-order valence-corrected chi connectivity index (χ4v) is 1.24. The van der Waals surface area contributed by atoms with E-state index in [1.54, 1.807) is 6.92 Å². The Kier molecular flexibility index (Phi) is 10.4. The number of hydrogen-bond acceptors (Lipinski definition) is 3. The molecule has 98 valence electrons. The predicted octanol–water partition coefficient (Wildman–Crippen LogP) is 0.788. The molecule has 1 atom stereocenters. The van der Waals surface area contributed by atoms with Crippen molar-refractivity contribution in [3.8, 4) is 11.8 Å². The molecular weight excluding hydrogens is 220 g/mol. The maximum atomic E-state index is 10.3. The van der Waals surface area contributed by atoms with Gasteiger partial charge in [0.15, 0.2) is 0 Å². The van der Waals surface area contributed by atoms with E-state index in [4.69, 9.17) is 10.2 Å². The molecule has 0 aliphatic heterocycles. The zero-order valence-corrected chi connectivity index (χ0v) is 10.3. The van der Waals surface area contributed by atoms with Gasteiger partial charge in [0.25, 0.3) is 0 Å². The van der Waals surface area contributed by atoms with Crippen molar-refractivity contribution in [3.63, 3.8) is 0 Å². The lowest BCUT2D eigenvalue weighted by molar-refractivity contribution is 0.191. The second kappa shape index (κ2) is 11.2. The quantitative estimate of drug-likeness (QED) is 0.375. The molecule has 0 radical (unpaired) electrons. The number of carbonyl (C=O) groups is 1. The highest BCUT2D eigenvalue weighted by Crippen LogP contribution is 1.91. The molecule has 5 nitrogen and oxygen atoms in total. The van der Waals surface area contributed by atoms with Crippen molar-refractivity contribution >= 4 is 6.09 Å². The summed E-state index contributed by atoms with van der Waals surface area (Å²) >= 11 is 0. The molecule has 0 aromatic carbocycles. The monoisotopic (exact) mass is 242 g/mol. The molecule has 0 aliphatic carbocycles. The fraction of sp³-hybridized carbons (Fsp3) is 0.750. The van der Waals surface area contributed by atoms with E-state index in [-0.39, 0.29) is 12.6 Å². The highest BCUT2D eigenvalue weighted by Gasteiger charge is 2.01. The lowest BCUT2D eigenvalue weighted by Crippen LogP contribution is -2.30. The molecule has 0 bridgehead atoms. The third-order valence-corrected chi connectivity index (χ3v) is 2.13. The zero-order valence-electron chi connectivity index (χ0n) is 10.3. The molecule has 0 spiro atoms. The molecule has 5 heteroatoms. The van der Waals surface area contributed by atoms with Gasteiger partial charge in [-0.25, -0.2) is 4.79 Å². The Hall–Kier alpha value is -1.25. The van der Waals surface area contributed by atoms with E-state index < -0.39 is 6.09 Å². The van der Waals surface area contributed by atoms with Gasteiger partial charge in [-0.05, 0) is 32.7 Å². The summed E-state index contributed by atoms with van der Waals surface area (Å²) in [5.74, 6) is 5.85. The van der Waals surface area contributed by atoms with Gasteiger partial charge in [-0.1, -0.05) is 11.8 Å². The minimum absolute atomic E-state index is 0.135. The Labute approximate surface area is 103 Å².